The van der Waals surface area contributed by atoms with Crippen LogP contribution >= 0.6 is 0 Å². The first-order chi connectivity index (χ1) is 13.2. The number of fused-ring (bicyclic) bond motifs is 1. The lowest BCUT2D eigenvalue weighted by Gasteiger charge is -2.28. The Labute approximate surface area is 157 Å². The van der Waals surface area contributed by atoms with Gasteiger partial charge in [-0.05, 0) is 53.9 Å². The second-order valence-corrected chi connectivity index (χ2v) is 6.49. The molecular formula is C22H18N4O. The minimum atomic E-state index is -0.0468. The third-order valence-corrected chi connectivity index (χ3v) is 4.70. The molecule has 4 rings (SSSR count). The van der Waals surface area contributed by atoms with Gasteiger partial charge >= 0.3 is 0 Å². The van der Waals surface area contributed by atoms with Crippen molar-refractivity contribution in [2.75, 3.05) is 11.9 Å². The predicted molar refractivity (Wildman–Crippen MR) is 104 cm³/mol. The van der Waals surface area contributed by atoms with Crippen molar-refractivity contribution in [2.24, 2.45) is 0 Å². The molecule has 1 aromatic heterocycles. The van der Waals surface area contributed by atoms with E-state index in [9.17, 15) is 4.79 Å². The van der Waals surface area contributed by atoms with E-state index in [1.54, 1.807) is 24.4 Å². The summed E-state index contributed by atoms with van der Waals surface area (Å²) in [4.78, 5) is 18.9. The lowest BCUT2D eigenvalue weighted by molar-refractivity contribution is 0.0729. The third kappa shape index (κ3) is 3.65. The number of hydrogen-bond acceptors (Lipinski definition) is 4. The van der Waals surface area contributed by atoms with Gasteiger partial charge in [0.05, 0.1) is 23.5 Å². The van der Waals surface area contributed by atoms with Crippen molar-refractivity contribution in [3.63, 3.8) is 0 Å². The van der Waals surface area contributed by atoms with E-state index in [2.05, 4.69) is 28.5 Å². The molecule has 132 valence electrons. The summed E-state index contributed by atoms with van der Waals surface area (Å²) in [5.41, 5.74) is 5.23. The molecule has 0 fully saturated rings. The standard InChI is InChI=1S/C22H18N4O/c23-13-16-5-7-19(8-6-16)25-20-9-10-21(24-14-20)22(27)26-12-11-17-3-1-2-4-18(17)15-26/h1-10,14,25H,11-12,15H2. The molecule has 1 aliphatic rings. The normalized spacial score (nSPS) is 12.8. The van der Waals surface area contributed by atoms with E-state index in [0.717, 1.165) is 17.8 Å². The number of carbonyl (C=O) groups is 1. The number of pyridine rings is 1. The number of rotatable bonds is 3. The van der Waals surface area contributed by atoms with Crippen molar-refractivity contribution < 1.29 is 4.79 Å². The molecule has 1 N–H and O–H groups in total. The minimum absolute atomic E-state index is 0.0468. The van der Waals surface area contributed by atoms with Crippen LogP contribution in [-0.4, -0.2) is 22.3 Å². The summed E-state index contributed by atoms with van der Waals surface area (Å²) < 4.78 is 0. The van der Waals surface area contributed by atoms with Gasteiger partial charge in [-0.15, -0.1) is 0 Å². The number of nitriles is 1. The molecule has 5 heteroatoms. The maximum Gasteiger partial charge on any atom is 0.272 e. The minimum Gasteiger partial charge on any atom is -0.354 e. The zero-order chi connectivity index (χ0) is 18.6. The van der Waals surface area contributed by atoms with Crippen LogP contribution in [0.25, 0.3) is 0 Å². The Morgan fingerprint density at radius 1 is 1.00 bits per heavy atom. The Morgan fingerprint density at radius 3 is 2.44 bits per heavy atom. The van der Waals surface area contributed by atoms with Crippen LogP contribution in [0.4, 0.5) is 11.4 Å². The molecule has 2 heterocycles. The van der Waals surface area contributed by atoms with Crippen molar-refractivity contribution >= 4 is 17.3 Å². The maximum atomic E-state index is 12.8. The van der Waals surface area contributed by atoms with Crippen LogP contribution in [0.3, 0.4) is 0 Å². The molecule has 2 aromatic carbocycles. The van der Waals surface area contributed by atoms with Gasteiger partial charge in [-0.1, -0.05) is 24.3 Å². The topological polar surface area (TPSA) is 69.0 Å². The van der Waals surface area contributed by atoms with Gasteiger partial charge in [-0.25, -0.2) is 4.98 Å². The highest BCUT2D eigenvalue weighted by atomic mass is 16.2. The predicted octanol–water partition coefficient (Wildman–Crippen LogP) is 3.90. The van der Waals surface area contributed by atoms with Crippen molar-refractivity contribution in [1.82, 2.24) is 9.88 Å². The molecule has 27 heavy (non-hydrogen) atoms. The van der Waals surface area contributed by atoms with Gasteiger partial charge in [0.1, 0.15) is 5.69 Å². The number of nitrogens with zero attached hydrogens (tertiary/aromatic N) is 3. The van der Waals surface area contributed by atoms with Crippen LogP contribution in [0.2, 0.25) is 0 Å². The molecule has 3 aromatic rings. The molecule has 5 nitrogen and oxygen atoms in total. The van der Waals surface area contributed by atoms with E-state index in [-0.39, 0.29) is 5.91 Å². The highest BCUT2D eigenvalue weighted by Crippen LogP contribution is 2.21. The van der Waals surface area contributed by atoms with Gasteiger partial charge < -0.3 is 10.2 Å². The highest BCUT2D eigenvalue weighted by Gasteiger charge is 2.22. The van der Waals surface area contributed by atoms with E-state index < -0.39 is 0 Å². The molecule has 0 spiro atoms. The lowest BCUT2D eigenvalue weighted by atomic mass is 10.00. The summed E-state index contributed by atoms with van der Waals surface area (Å²) in [6.07, 6.45) is 2.53. The molecule has 1 amide bonds. The average Bonchev–Trinajstić information content (AvgIpc) is 2.74. The van der Waals surface area contributed by atoms with Gasteiger partial charge in [-0.2, -0.15) is 5.26 Å². The fourth-order valence-electron chi connectivity index (χ4n) is 3.22. The Kier molecular flexibility index (Phi) is 4.54. The molecule has 0 unspecified atom stereocenters. The van der Waals surface area contributed by atoms with Crippen molar-refractivity contribution in [3.8, 4) is 6.07 Å². The molecule has 0 atom stereocenters. The number of hydrogen-bond donors (Lipinski definition) is 1. The summed E-state index contributed by atoms with van der Waals surface area (Å²) in [6.45, 7) is 1.34. The van der Waals surface area contributed by atoms with Gasteiger partial charge in [0, 0.05) is 18.8 Å². The van der Waals surface area contributed by atoms with Gasteiger partial charge in [0.15, 0.2) is 0 Å². The fourth-order valence-corrected chi connectivity index (χ4v) is 3.22. The second kappa shape index (κ2) is 7.30. The highest BCUT2D eigenvalue weighted by molar-refractivity contribution is 5.92. The summed E-state index contributed by atoms with van der Waals surface area (Å²) >= 11 is 0. The van der Waals surface area contributed by atoms with Crippen LogP contribution < -0.4 is 5.32 Å². The molecule has 0 radical (unpaired) electrons. The maximum absolute atomic E-state index is 12.8. The zero-order valence-corrected chi connectivity index (χ0v) is 14.7. The molecule has 0 saturated heterocycles. The monoisotopic (exact) mass is 354 g/mol. The summed E-state index contributed by atoms with van der Waals surface area (Å²) in [7, 11) is 0. The first-order valence-electron chi connectivity index (χ1n) is 8.82. The number of nitrogens with one attached hydrogen (secondary N) is 1. The third-order valence-electron chi connectivity index (χ3n) is 4.70. The van der Waals surface area contributed by atoms with Crippen LogP contribution in [0.1, 0.15) is 27.2 Å². The largest absolute Gasteiger partial charge is 0.354 e. The van der Waals surface area contributed by atoms with E-state index in [1.165, 1.54) is 11.1 Å². The van der Waals surface area contributed by atoms with Crippen molar-refractivity contribution in [3.05, 3.63) is 89.2 Å². The fraction of sp³-hybridized carbons (Fsp3) is 0.136. The van der Waals surface area contributed by atoms with E-state index in [1.807, 2.05) is 35.2 Å². The van der Waals surface area contributed by atoms with Crippen molar-refractivity contribution in [1.29, 1.82) is 5.26 Å². The Balaban J connectivity index is 1.44. The Morgan fingerprint density at radius 2 is 1.74 bits per heavy atom. The van der Waals surface area contributed by atoms with Crippen LogP contribution in [0.5, 0.6) is 0 Å². The first kappa shape index (κ1) is 16.8. The van der Waals surface area contributed by atoms with E-state index >= 15 is 0 Å². The van der Waals surface area contributed by atoms with Crippen LogP contribution in [-0.2, 0) is 13.0 Å². The average molecular weight is 354 g/mol. The lowest BCUT2D eigenvalue weighted by Crippen LogP contribution is -2.36. The van der Waals surface area contributed by atoms with Crippen LogP contribution in [0.15, 0.2) is 66.9 Å². The van der Waals surface area contributed by atoms with Gasteiger partial charge in [0.25, 0.3) is 5.91 Å². The molecule has 0 bridgehead atoms. The molecule has 0 aliphatic carbocycles. The van der Waals surface area contributed by atoms with E-state index in [4.69, 9.17) is 5.26 Å². The quantitative estimate of drug-likeness (QED) is 0.775. The number of amides is 1. The van der Waals surface area contributed by atoms with Gasteiger partial charge in [0.2, 0.25) is 0 Å². The summed E-state index contributed by atoms with van der Waals surface area (Å²) in [5, 5.41) is 12.1. The zero-order valence-electron chi connectivity index (χ0n) is 14.7. The Bertz CT molecular complexity index is 1000. The van der Waals surface area contributed by atoms with E-state index in [0.29, 0.717) is 24.3 Å². The Hall–Kier alpha value is -3.65. The number of carbonyl (C=O) groups excluding carboxylic acids is 1. The number of anilines is 2. The number of benzene rings is 2. The second-order valence-electron chi connectivity index (χ2n) is 6.49. The SMILES string of the molecule is N#Cc1ccc(Nc2ccc(C(=O)N3CCc4ccccc4C3)nc2)cc1. The van der Waals surface area contributed by atoms with Gasteiger partial charge in [-0.3, -0.25) is 4.79 Å². The summed E-state index contributed by atoms with van der Waals surface area (Å²) in [6, 6.07) is 21.1. The summed E-state index contributed by atoms with van der Waals surface area (Å²) in [5.74, 6) is -0.0468. The smallest absolute Gasteiger partial charge is 0.272 e. The van der Waals surface area contributed by atoms with Crippen LogP contribution in [0, 0.1) is 11.3 Å². The van der Waals surface area contributed by atoms with Crippen molar-refractivity contribution in [2.45, 2.75) is 13.0 Å². The number of aromatic nitrogens is 1. The molecule has 0 saturated carbocycles. The first-order valence-corrected chi connectivity index (χ1v) is 8.82. The molecule has 1 aliphatic heterocycles. The molecular weight excluding hydrogens is 336 g/mol.